The third kappa shape index (κ3) is 6.98. The van der Waals surface area contributed by atoms with Gasteiger partial charge in [0.25, 0.3) is 15.9 Å². The van der Waals surface area contributed by atoms with E-state index in [0.717, 1.165) is 17.2 Å². The molecule has 0 saturated heterocycles. The highest BCUT2D eigenvalue weighted by Crippen LogP contribution is 2.25. The van der Waals surface area contributed by atoms with Crippen molar-refractivity contribution in [3.63, 3.8) is 0 Å². The SMILES string of the molecule is O=C(N[C@@H](Cc1ccc(-c2ccccc2)cc1)C(=O)O)c1cc(I)ccc1NS(=O)(=O)c1cc(F)ccc1F. The minimum Gasteiger partial charge on any atom is -0.480 e. The molecule has 3 N–H and O–H groups in total. The molecule has 1 atom stereocenters. The van der Waals surface area contributed by atoms with Crippen LogP contribution >= 0.6 is 22.6 Å². The van der Waals surface area contributed by atoms with Crippen LogP contribution in [0, 0.1) is 15.2 Å². The van der Waals surface area contributed by atoms with E-state index in [1.807, 2.05) is 65.1 Å². The van der Waals surface area contributed by atoms with Crippen LogP contribution in [-0.2, 0) is 21.2 Å². The second-order valence-electron chi connectivity index (χ2n) is 8.50. The quantitative estimate of drug-likeness (QED) is 0.206. The van der Waals surface area contributed by atoms with Gasteiger partial charge in [-0.25, -0.2) is 22.0 Å². The van der Waals surface area contributed by atoms with Crippen molar-refractivity contribution >= 4 is 50.2 Å². The molecule has 7 nitrogen and oxygen atoms in total. The first-order valence-electron chi connectivity index (χ1n) is 11.5. The third-order valence-corrected chi connectivity index (χ3v) is 7.81. The van der Waals surface area contributed by atoms with Crippen molar-refractivity contribution in [1.29, 1.82) is 0 Å². The second kappa shape index (κ2) is 11.9. The van der Waals surface area contributed by atoms with Crippen molar-refractivity contribution in [2.45, 2.75) is 17.4 Å². The molecule has 0 bridgehead atoms. The first kappa shape index (κ1) is 28.2. The second-order valence-corrected chi connectivity index (χ2v) is 11.4. The molecule has 0 aliphatic rings. The van der Waals surface area contributed by atoms with Gasteiger partial charge in [-0.05, 0) is 75.7 Å². The van der Waals surface area contributed by atoms with Gasteiger partial charge in [-0.15, -0.1) is 0 Å². The Morgan fingerprint density at radius 1 is 0.872 bits per heavy atom. The van der Waals surface area contributed by atoms with Crippen molar-refractivity contribution in [2.75, 3.05) is 4.72 Å². The smallest absolute Gasteiger partial charge is 0.326 e. The summed E-state index contributed by atoms with van der Waals surface area (Å²) in [5, 5.41) is 12.2. The number of anilines is 1. The number of hydrogen-bond acceptors (Lipinski definition) is 4. The average Bonchev–Trinajstić information content (AvgIpc) is 2.91. The van der Waals surface area contributed by atoms with Crippen LogP contribution in [0.3, 0.4) is 0 Å². The van der Waals surface area contributed by atoms with E-state index in [-0.39, 0.29) is 17.7 Å². The van der Waals surface area contributed by atoms with E-state index >= 15 is 0 Å². The first-order chi connectivity index (χ1) is 18.5. The molecule has 0 heterocycles. The van der Waals surface area contributed by atoms with E-state index in [9.17, 15) is 31.9 Å². The van der Waals surface area contributed by atoms with Gasteiger partial charge in [0.15, 0.2) is 0 Å². The number of sulfonamides is 1. The van der Waals surface area contributed by atoms with Crippen LogP contribution < -0.4 is 10.0 Å². The number of carbonyl (C=O) groups is 2. The molecular weight excluding hydrogens is 641 g/mol. The number of nitrogens with one attached hydrogen (secondary N) is 2. The molecular formula is C28H21F2IN2O5S. The predicted molar refractivity (Wildman–Crippen MR) is 151 cm³/mol. The van der Waals surface area contributed by atoms with E-state index in [0.29, 0.717) is 21.3 Å². The Morgan fingerprint density at radius 3 is 2.21 bits per heavy atom. The number of aliphatic carboxylic acids is 1. The molecule has 0 unspecified atom stereocenters. The van der Waals surface area contributed by atoms with E-state index in [1.54, 1.807) is 12.1 Å². The maximum absolute atomic E-state index is 14.1. The maximum Gasteiger partial charge on any atom is 0.326 e. The van der Waals surface area contributed by atoms with Gasteiger partial charge in [0.1, 0.15) is 22.6 Å². The minimum absolute atomic E-state index is 0.0321. The van der Waals surface area contributed by atoms with Crippen LogP contribution in [0.5, 0.6) is 0 Å². The molecule has 0 aliphatic carbocycles. The molecule has 0 saturated carbocycles. The van der Waals surface area contributed by atoms with Gasteiger partial charge in [-0.3, -0.25) is 9.52 Å². The van der Waals surface area contributed by atoms with Gasteiger partial charge in [-0.2, -0.15) is 0 Å². The number of carbonyl (C=O) groups excluding carboxylic acids is 1. The van der Waals surface area contributed by atoms with Crippen LogP contribution in [0.15, 0.2) is 95.9 Å². The van der Waals surface area contributed by atoms with Crippen molar-refractivity contribution in [1.82, 2.24) is 5.32 Å². The lowest BCUT2D eigenvalue weighted by molar-refractivity contribution is -0.139. The summed E-state index contributed by atoms with van der Waals surface area (Å²) in [5.41, 5.74) is 2.19. The summed E-state index contributed by atoms with van der Waals surface area (Å²) in [6.45, 7) is 0. The molecule has 0 fully saturated rings. The van der Waals surface area contributed by atoms with Gasteiger partial charge in [0, 0.05) is 9.99 Å². The number of carboxylic acid groups (broad SMARTS) is 1. The fraction of sp³-hybridized carbons (Fsp3) is 0.0714. The van der Waals surface area contributed by atoms with E-state index in [1.165, 1.54) is 18.2 Å². The zero-order chi connectivity index (χ0) is 28.2. The largest absolute Gasteiger partial charge is 0.480 e. The maximum atomic E-state index is 14.1. The topological polar surface area (TPSA) is 113 Å². The Labute approximate surface area is 237 Å². The highest BCUT2D eigenvalue weighted by atomic mass is 127. The van der Waals surface area contributed by atoms with Crippen LogP contribution in [0.2, 0.25) is 0 Å². The number of benzene rings is 4. The van der Waals surface area contributed by atoms with Crippen molar-refractivity contribution in [3.8, 4) is 11.1 Å². The van der Waals surface area contributed by atoms with Crippen LogP contribution in [0.1, 0.15) is 15.9 Å². The third-order valence-electron chi connectivity index (χ3n) is 5.76. The van der Waals surface area contributed by atoms with E-state index < -0.39 is 44.5 Å². The lowest BCUT2D eigenvalue weighted by atomic mass is 10.0. The van der Waals surface area contributed by atoms with Crippen LogP contribution in [-0.4, -0.2) is 31.4 Å². The molecule has 4 aromatic carbocycles. The van der Waals surface area contributed by atoms with Gasteiger partial charge in [0.2, 0.25) is 0 Å². The number of hydrogen-bond donors (Lipinski definition) is 3. The Balaban J connectivity index is 1.55. The zero-order valence-corrected chi connectivity index (χ0v) is 23.0. The van der Waals surface area contributed by atoms with Crippen LogP contribution in [0.25, 0.3) is 11.1 Å². The first-order valence-corrected chi connectivity index (χ1v) is 14.0. The highest BCUT2D eigenvalue weighted by molar-refractivity contribution is 14.1. The monoisotopic (exact) mass is 662 g/mol. The van der Waals surface area contributed by atoms with E-state index in [4.69, 9.17) is 0 Å². The summed E-state index contributed by atoms with van der Waals surface area (Å²) in [6.07, 6.45) is -0.0321. The summed E-state index contributed by atoms with van der Waals surface area (Å²) < 4.78 is 56.0. The van der Waals surface area contributed by atoms with Crippen molar-refractivity contribution in [3.05, 3.63) is 117 Å². The average molecular weight is 662 g/mol. The minimum atomic E-state index is -4.62. The molecule has 39 heavy (non-hydrogen) atoms. The lowest BCUT2D eigenvalue weighted by Crippen LogP contribution is -2.42. The molecule has 4 rings (SSSR count). The highest BCUT2D eigenvalue weighted by Gasteiger charge is 2.26. The normalized spacial score (nSPS) is 12.0. The Morgan fingerprint density at radius 2 is 1.54 bits per heavy atom. The summed E-state index contributed by atoms with van der Waals surface area (Å²) in [5.74, 6) is -4.28. The molecule has 11 heteroatoms. The van der Waals surface area contributed by atoms with Gasteiger partial charge in [0.05, 0.1) is 11.3 Å². The molecule has 0 aromatic heterocycles. The van der Waals surface area contributed by atoms with Crippen molar-refractivity contribution in [2.24, 2.45) is 0 Å². The van der Waals surface area contributed by atoms with Crippen LogP contribution in [0.4, 0.5) is 14.5 Å². The molecule has 200 valence electrons. The fourth-order valence-electron chi connectivity index (χ4n) is 3.81. The Bertz CT molecular complexity index is 1630. The van der Waals surface area contributed by atoms with Gasteiger partial charge < -0.3 is 10.4 Å². The molecule has 1 amide bonds. The standard InChI is InChI=1S/C28H21F2IN2O5S/c29-20-10-12-23(30)26(15-20)39(37,38)33-24-13-11-21(31)16-22(24)27(34)32-25(28(35)36)14-17-6-8-19(9-7-17)18-4-2-1-3-5-18/h1-13,15-16,25,33H,14H2,(H,32,34)(H,35,36)/t25-/m0/s1. The Kier molecular flexibility index (Phi) is 8.60. The number of carboxylic acids is 1. The molecule has 0 spiro atoms. The molecule has 4 aromatic rings. The predicted octanol–water partition coefficient (Wildman–Crippen LogP) is 5.46. The van der Waals surface area contributed by atoms with Gasteiger partial charge in [-0.1, -0.05) is 54.6 Å². The van der Waals surface area contributed by atoms with E-state index in [2.05, 4.69) is 10.0 Å². The summed E-state index contributed by atoms with van der Waals surface area (Å²) in [6, 6.07) is 21.6. The molecule has 0 aliphatic heterocycles. The number of amides is 1. The fourth-order valence-corrected chi connectivity index (χ4v) is 5.47. The summed E-state index contributed by atoms with van der Waals surface area (Å²) >= 11 is 1.90. The summed E-state index contributed by atoms with van der Waals surface area (Å²) in [7, 11) is -4.62. The summed E-state index contributed by atoms with van der Waals surface area (Å²) in [4.78, 5) is 24.2. The zero-order valence-electron chi connectivity index (χ0n) is 20.1. The number of halogens is 3. The van der Waals surface area contributed by atoms with Gasteiger partial charge >= 0.3 is 5.97 Å². The number of rotatable bonds is 9. The molecule has 0 radical (unpaired) electrons. The lowest BCUT2D eigenvalue weighted by Gasteiger charge is -2.18. The Hall–Kier alpha value is -3.84. The van der Waals surface area contributed by atoms with Crippen molar-refractivity contribution < 1.29 is 31.9 Å².